The van der Waals surface area contributed by atoms with E-state index in [-0.39, 0.29) is 31.9 Å². The minimum absolute atomic E-state index is 0. The number of hydrogen-bond acceptors (Lipinski definition) is 4. The second-order valence-corrected chi connectivity index (χ2v) is 22.2. The average molecular weight is 1200 g/mol. The van der Waals surface area contributed by atoms with Crippen LogP contribution in [0.5, 0.6) is 11.5 Å². The Morgan fingerprint density at radius 2 is 1.10 bits per heavy atom. The number of aryl methyl sites for hydroxylation is 2. The first-order chi connectivity index (χ1) is 39.7. The van der Waals surface area contributed by atoms with Crippen LogP contribution in [0, 0.1) is 18.8 Å². The van der Waals surface area contributed by atoms with Gasteiger partial charge in [0, 0.05) is 116 Å². The van der Waals surface area contributed by atoms with Crippen molar-refractivity contribution in [3.05, 3.63) is 224 Å². The Labute approximate surface area is 478 Å². The van der Waals surface area contributed by atoms with Crippen molar-refractivity contribution in [3.63, 3.8) is 0 Å². The molecule has 1 aliphatic rings. The van der Waals surface area contributed by atoms with E-state index >= 15 is 0 Å². The van der Waals surface area contributed by atoms with Gasteiger partial charge in [-0.05, 0) is 80.9 Å². The molecule has 0 radical (unpaired) electrons. The van der Waals surface area contributed by atoms with E-state index in [1.165, 1.54) is 9.13 Å². The standard InChI is InChI=1S/C70H57N6O.Pt/c1-69(2,3)47-35-36-71-62(40-47)76-58-34-31-46(44-21-11-9-12-22-44)37-55(58)52-33-32-50(42-61(52)76)77-51-39-48(70(4,5)6)38-49(41-51)74-43-75(60-30-20-19-29-59(60)74)68-66-64(53-25-15-17-27-56(53)72(66)7)63(45-23-13-10-14-24-45)65-54-26-16-18-28-57(54)73(8)67(65)68;/h9-40,43H,1-8H3;/q-3;/i7D3,8D3;. The molecule has 0 unspecified atom stereocenters. The molecule has 0 N–H and O–H groups in total. The molecular weight excluding hydrogens is 1140 g/mol. The maximum absolute atomic E-state index is 9.32. The molecule has 0 spiro atoms. The summed E-state index contributed by atoms with van der Waals surface area (Å²) in [5, 5.41) is 4.91. The molecule has 0 saturated carbocycles. The number of rotatable bonds is 7. The van der Waals surface area contributed by atoms with E-state index in [9.17, 15) is 8.22 Å². The van der Waals surface area contributed by atoms with Gasteiger partial charge in [-0.1, -0.05) is 168 Å². The quantitative estimate of drug-likeness (QED) is 0.149. The Bertz CT molecular complexity index is 4650. The summed E-state index contributed by atoms with van der Waals surface area (Å²) >= 11 is 0. The smallest absolute Gasteiger partial charge is 0.135 e. The Hall–Kier alpha value is -8.38. The van der Waals surface area contributed by atoms with E-state index in [2.05, 4.69) is 125 Å². The molecule has 0 saturated heterocycles. The van der Waals surface area contributed by atoms with Gasteiger partial charge < -0.3 is 28.2 Å². The number of anilines is 4. The van der Waals surface area contributed by atoms with Crippen molar-refractivity contribution >= 4 is 88.2 Å². The topological polar surface area (TPSA) is 43.4 Å². The number of para-hydroxylation sites is 4. The van der Waals surface area contributed by atoms with Crippen LogP contribution in [0.25, 0.3) is 93.5 Å². The fraction of sp³-hybridized carbons (Fsp3) is 0.143. The molecular formula is C70H57N6OPt-3. The van der Waals surface area contributed by atoms with E-state index in [1.54, 1.807) is 0 Å². The van der Waals surface area contributed by atoms with Crippen molar-refractivity contribution in [3.8, 4) is 39.6 Å². The maximum atomic E-state index is 9.32. The molecule has 386 valence electrons. The van der Waals surface area contributed by atoms with Crippen LogP contribution in [0.15, 0.2) is 194 Å². The Kier molecular flexibility index (Phi) is 10.1. The van der Waals surface area contributed by atoms with Crippen molar-refractivity contribution in [2.45, 2.75) is 52.4 Å². The summed E-state index contributed by atoms with van der Waals surface area (Å²) in [5.74, 6) is 1.71. The molecule has 14 rings (SSSR count). The zero-order valence-electron chi connectivity index (χ0n) is 50.0. The minimum Gasteiger partial charge on any atom is -0.509 e. The number of hydrogen-bond donors (Lipinski definition) is 0. The summed E-state index contributed by atoms with van der Waals surface area (Å²) in [6.07, 6.45) is 1.88. The summed E-state index contributed by atoms with van der Waals surface area (Å²) in [6, 6.07) is 69.7. The second-order valence-electron chi connectivity index (χ2n) is 22.2. The van der Waals surface area contributed by atoms with Crippen LogP contribution in [0.3, 0.4) is 0 Å². The van der Waals surface area contributed by atoms with Gasteiger partial charge in [-0.15, -0.1) is 53.6 Å². The van der Waals surface area contributed by atoms with Gasteiger partial charge in [-0.25, -0.2) is 4.98 Å². The third-order valence-electron chi connectivity index (χ3n) is 15.4. The number of pyridine rings is 1. The number of fused-ring (bicyclic) bond motifs is 10. The van der Waals surface area contributed by atoms with Crippen LogP contribution in [0.1, 0.15) is 60.9 Å². The van der Waals surface area contributed by atoms with E-state index in [0.717, 1.165) is 77.5 Å². The van der Waals surface area contributed by atoms with Crippen LogP contribution in [-0.4, -0.2) is 18.7 Å². The molecule has 78 heavy (non-hydrogen) atoms. The molecule has 0 amide bonds. The second kappa shape index (κ2) is 18.4. The first kappa shape index (κ1) is 42.7. The van der Waals surface area contributed by atoms with Crippen LogP contribution in [0.2, 0.25) is 0 Å². The molecule has 9 aromatic carbocycles. The van der Waals surface area contributed by atoms with Crippen molar-refractivity contribution in [1.29, 1.82) is 0 Å². The van der Waals surface area contributed by atoms with E-state index in [0.29, 0.717) is 61.4 Å². The first-order valence-corrected chi connectivity index (χ1v) is 26.1. The summed E-state index contributed by atoms with van der Waals surface area (Å²) in [4.78, 5) is 8.97. The maximum Gasteiger partial charge on any atom is 0.135 e. The van der Waals surface area contributed by atoms with Gasteiger partial charge in [0.2, 0.25) is 0 Å². The summed E-state index contributed by atoms with van der Waals surface area (Å²) < 4.78 is 67.9. The SMILES string of the molecule is [2H]C([2H])([2H])n1c2ccccc2c2c(-c3ccccc3)c3c4ccccc4n(C([2H])([2H])[2H])c3c(N3[CH-]N(c4[c-]c(Oc5[c-]c6c(cc5)c5cc(-c7ccccc7)ccc5n6-c5cc(C(C)(C)C)ccn5)cc(C(C)(C)C)c4)c4ccccc43)c21.[Pt]. The van der Waals surface area contributed by atoms with Crippen LogP contribution in [-0.2, 0) is 45.8 Å². The van der Waals surface area contributed by atoms with Gasteiger partial charge in [-0.3, -0.25) is 0 Å². The van der Waals surface area contributed by atoms with E-state index in [4.69, 9.17) is 9.72 Å². The molecule has 8 heteroatoms. The fourth-order valence-corrected chi connectivity index (χ4v) is 11.6. The van der Waals surface area contributed by atoms with Crippen LogP contribution < -0.4 is 14.5 Å². The van der Waals surface area contributed by atoms with Gasteiger partial charge >= 0.3 is 0 Å². The largest absolute Gasteiger partial charge is 0.509 e. The number of nitrogens with zero attached hydrogens (tertiary/aromatic N) is 6. The van der Waals surface area contributed by atoms with Gasteiger partial charge in [0.05, 0.1) is 16.7 Å². The molecule has 1 aliphatic heterocycles. The minimum atomic E-state index is -2.71. The van der Waals surface area contributed by atoms with E-state index in [1.807, 2.05) is 144 Å². The summed E-state index contributed by atoms with van der Waals surface area (Å²) in [7, 11) is 0. The van der Waals surface area contributed by atoms with Crippen molar-refractivity contribution in [2.75, 3.05) is 9.80 Å². The van der Waals surface area contributed by atoms with Crippen molar-refractivity contribution in [2.24, 2.45) is 14.0 Å². The van der Waals surface area contributed by atoms with Crippen molar-refractivity contribution in [1.82, 2.24) is 18.7 Å². The van der Waals surface area contributed by atoms with Crippen molar-refractivity contribution < 1.29 is 34.0 Å². The molecule has 7 nitrogen and oxygen atoms in total. The molecule has 13 aromatic rings. The summed E-state index contributed by atoms with van der Waals surface area (Å²) in [6.45, 7) is 9.61. The molecule has 0 fully saturated rings. The molecule has 0 aliphatic carbocycles. The predicted molar refractivity (Wildman–Crippen MR) is 320 cm³/mol. The Morgan fingerprint density at radius 1 is 0.500 bits per heavy atom. The third-order valence-corrected chi connectivity index (χ3v) is 15.4. The summed E-state index contributed by atoms with van der Waals surface area (Å²) in [5.41, 5.74) is 11.5. The van der Waals surface area contributed by atoms with Gasteiger partial charge in [0.15, 0.2) is 0 Å². The normalized spacial score (nSPS) is 14.4. The fourth-order valence-electron chi connectivity index (χ4n) is 11.6. The molecule has 5 heterocycles. The van der Waals surface area contributed by atoms with Crippen LogP contribution in [0.4, 0.5) is 22.7 Å². The number of benzene rings is 9. The number of ether oxygens (including phenoxy) is 1. The Balaban J connectivity index is 0.00000658. The zero-order chi connectivity index (χ0) is 57.5. The Morgan fingerprint density at radius 3 is 1.74 bits per heavy atom. The first-order valence-electron chi connectivity index (χ1n) is 29.1. The van der Waals surface area contributed by atoms with E-state index < -0.39 is 14.0 Å². The van der Waals surface area contributed by atoms with Crippen LogP contribution >= 0.6 is 0 Å². The van der Waals surface area contributed by atoms with Gasteiger partial charge in [-0.2, -0.15) is 6.07 Å². The number of aromatic nitrogens is 4. The van der Waals surface area contributed by atoms with Gasteiger partial charge in [0.25, 0.3) is 0 Å². The molecule has 4 aromatic heterocycles. The molecule has 0 atom stereocenters. The molecule has 0 bridgehead atoms. The predicted octanol–water partition coefficient (Wildman–Crippen LogP) is 18.2. The third kappa shape index (κ3) is 7.76. The monoisotopic (exact) mass is 1200 g/mol. The van der Waals surface area contributed by atoms with Gasteiger partial charge in [0.1, 0.15) is 5.82 Å². The zero-order valence-corrected chi connectivity index (χ0v) is 46.2. The average Bonchev–Trinajstić information content (AvgIpc) is 1.55.